The molecule has 1 aromatic carbocycles. The Bertz CT molecular complexity index is 931. The van der Waals surface area contributed by atoms with Crippen molar-refractivity contribution in [3.8, 4) is 0 Å². The normalized spacial score (nSPS) is 12.6. The average molecular weight is 353 g/mol. The van der Waals surface area contributed by atoms with Crippen LogP contribution in [-0.2, 0) is 6.54 Å². The van der Waals surface area contributed by atoms with Crippen LogP contribution in [0.25, 0.3) is 22.2 Å². The van der Waals surface area contributed by atoms with E-state index >= 15 is 0 Å². The van der Waals surface area contributed by atoms with Crippen molar-refractivity contribution in [3.05, 3.63) is 29.8 Å². The molecular formula is C20H27N5O. The monoisotopic (exact) mass is 353 g/mol. The van der Waals surface area contributed by atoms with Gasteiger partial charge in [-0.1, -0.05) is 38.8 Å². The number of benzene rings is 1. The number of hydrogen-bond donors (Lipinski definition) is 2. The second kappa shape index (κ2) is 7.72. The maximum atomic E-state index is 12.9. The van der Waals surface area contributed by atoms with Crippen molar-refractivity contribution in [3.63, 3.8) is 0 Å². The number of fused-ring (bicyclic) bond motifs is 2. The highest BCUT2D eigenvalue weighted by atomic mass is 16.1. The number of nitrogens with zero attached hydrogens (tertiary/aromatic N) is 3. The molecule has 0 saturated heterocycles. The quantitative estimate of drug-likeness (QED) is 0.631. The summed E-state index contributed by atoms with van der Waals surface area (Å²) in [6.45, 7) is 6.92. The van der Waals surface area contributed by atoms with Crippen LogP contribution in [0.3, 0.4) is 0 Å². The SMILES string of the molecule is CCCCCn1c(N)c(C(=O)N[C@@H](C)CC)c2nc3ccccc3nc21. The van der Waals surface area contributed by atoms with Crippen molar-refractivity contribution < 1.29 is 4.79 Å². The number of nitrogens with one attached hydrogen (secondary N) is 1. The highest BCUT2D eigenvalue weighted by Gasteiger charge is 2.24. The fourth-order valence-corrected chi connectivity index (χ4v) is 3.09. The Morgan fingerprint density at radius 2 is 1.88 bits per heavy atom. The number of nitrogen functional groups attached to an aromatic ring is 1. The minimum Gasteiger partial charge on any atom is -0.384 e. The van der Waals surface area contributed by atoms with E-state index in [1.165, 1.54) is 0 Å². The minimum atomic E-state index is -0.180. The van der Waals surface area contributed by atoms with Gasteiger partial charge in [-0.3, -0.25) is 4.79 Å². The Balaban J connectivity index is 2.16. The number of amides is 1. The van der Waals surface area contributed by atoms with E-state index in [0.717, 1.165) is 43.3 Å². The molecule has 26 heavy (non-hydrogen) atoms. The van der Waals surface area contributed by atoms with Gasteiger partial charge < -0.3 is 15.6 Å². The van der Waals surface area contributed by atoms with Gasteiger partial charge in [0.25, 0.3) is 5.91 Å². The largest absolute Gasteiger partial charge is 0.384 e. The molecule has 0 unspecified atom stereocenters. The van der Waals surface area contributed by atoms with E-state index in [1.54, 1.807) is 0 Å². The second-order valence-corrected chi connectivity index (χ2v) is 6.79. The molecule has 3 aromatic rings. The summed E-state index contributed by atoms with van der Waals surface area (Å²) in [6.07, 6.45) is 4.07. The highest BCUT2D eigenvalue weighted by Crippen LogP contribution is 2.28. The first kappa shape index (κ1) is 18.2. The molecule has 0 fully saturated rings. The molecule has 0 spiro atoms. The van der Waals surface area contributed by atoms with Gasteiger partial charge in [-0.2, -0.15) is 0 Å². The molecule has 0 aliphatic carbocycles. The molecule has 0 aliphatic heterocycles. The van der Waals surface area contributed by atoms with Crippen LogP contribution in [0.2, 0.25) is 0 Å². The summed E-state index contributed by atoms with van der Waals surface area (Å²) in [5.41, 5.74) is 9.69. The van der Waals surface area contributed by atoms with Gasteiger partial charge in [-0.05, 0) is 31.9 Å². The number of aryl methyl sites for hydroxylation is 1. The van der Waals surface area contributed by atoms with Gasteiger partial charge >= 0.3 is 0 Å². The Morgan fingerprint density at radius 3 is 2.54 bits per heavy atom. The van der Waals surface area contributed by atoms with Crippen molar-refractivity contribution in [2.24, 2.45) is 0 Å². The Hall–Kier alpha value is -2.63. The molecule has 0 saturated carbocycles. The molecule has 3 rings (SSSR count). The zero-order chi connectivity index (χ0) is 18.7. The number of aromatic nitrogens is 3. The lowest BCUT2D eigenvalue weighted by atomic mass is 10.2. The average Bonchev–Trinajstić information content (AvgIpc) is 2.91. The lowest BCUT2D eigenvalue weighted by Crippen LogP contribution is -2.32. The first-order valence-corrected chi connectivity index (χ1v) is 9.42. The van der Waals surface area contributed by atoms with E-state index in [4.69, 9.17) is 15.7 Å². The van der Waals surface area contributed by atoms with Crippen LogP contribution in [0.5, 0.6) is 0 Å². The van der Waals surface area contributed by atoms with E-state index in [-0.39, 0.29) is 11.9 Å². The maximum absolute atomic E-state index is 12.9. The molecule has 3 N–H and O–H groups in total. The lowest BCUT2D eigenvalue weighted by molar-refractivity contribution is 0.0941. The molecule has 1 amide bonds. The first-order valence-electron chi connectivity index (χ1n) is 9.42. The number of carbonyl (C=O) groups excluding carboxylic acids is 1. The van der Waals surface area contributed by atoms with Crippen molar-refractivity contribution in [2.45, 2.75) is 59.0 Å². The number of anilines is 1. The molecule has 0 bridgehead atoms. The number of unbranched alkanes of at least 4 members (excludes halogenated alkanes) is 2. The summed E-state index contributed by atoms with van der Waals surface area (Å²) in [5, 5.41) is 3.01. The standard InChI is InChI=1S/C20H27N5O/c1-4-6-9-12-25-18(21)16(20(26)22-13(3)5-2)17-19(25)24-15-11-8-7-10-14(15)23-17/h7-8,10-11,13H,4-6,9,12,21H2,1-3H3,(H,22,26)/t13-/m0/s1. The highest BCUT2D eigenvalue weighted by molar-refractivity contribution is 6.10. The third kappa shape index (κ3) is 3.36. The van der Waals surface area contributed by atoms with Gasteiger partial charge in [0.2, 0.25) is 0 Å². The van der Waals surface area contributed by atoms with Crippen molar-refractivity contribution in [1.29, 1.82) is 0 Å². The summed E-state index contributed by atoms with van der Waals surface area (Å²) in [6, 6.07) is 7.77. The number of hydrogen-bond acceptors (Lipinski definition) is 4. The van der Waals surface area contributed by atoms with E-state index < -0.39 is 0 Å². The van der Waals surface area contributed by atoms with Gasteiger partial charge in [0.05, 0.1) is 11.0 Å². The molecule has 2 aromatic heterocycles. The smallest absolute Gasteiger partial charge is 0.257 e. The Morgan fingerprint density at radius 1 is 1.19 bits per heavy atom. The molecule has 0 radical (unpaired) electrons. The molecular weight excluding hydrogens is 326 g/mol. The van der Waals surface area contributed by atoms with E-state index in [2.05, 4.69) is 12.2 Å². The van der Waals surface area contributed by atoms with Gasteiger partial charge in [-0.15, -0.1) is 0 Å². The number of nitrogens with two attached hydrogens (primary N) is 1. The van der Waals surface area contributed by atoms with Crippen molar-refractivity contribution in [2.75, 3.05) is 5.73 Å². The van der Waals surface area contributed by atoms with Crippen LogP contribution < -0.4 is 11.1 Å². The zero-order valence-electron chi connectivity index (χ0n) is 15.7. The fourth-order valence-electron chi connectivity index (χ4n) is 3.09. The van der Waals surface area contributed by atoms with Gasteiger partial charge in [0.15, 0.2) is 5.65 Å². The summed E-state index contributed by atoms with van der Waals surface area (Å²) >= 11 is 0. The molecule has 138 valence electrons. The third-order valence-corrected chi connectivity index (χ3v) is 4.79. The van der Waals surface area contributed by atoms with Crippen LogP contribution >= 0.6 is 0 Å². The topological polar surface area (TPSA) is 85.8 Å². The predicted molar refractivity (Wildman–Crippen MR) is 106 cm³/mol. The zero-order valence-corrected chi connectivity index (χ0v) is 15.7. The van der Waals surface area contributed by atoms with Gasteiger partial charge in [0, 0.05) is 12.6 Å². The van der Waals surface area contributed by atoms with Gasteiger partial charge in [0.1, 0.15) is 16.9 Å². The minimum absolute atomic E-state index is 0.0776. The van der Waals surface area contributed by atoms with Crippen LogP contribution in [0.15, 0.2) is 24.3 Å². The van der Waals surface area contributed by atoms with Crippen LogP contribution in [0, 0.1) is 0 Å². The molecule has 1 atom stereocenters. The third-order valence-electron chi connectivity index (χ3n) is 4.79. The van der Waals surface area contributed by atoms with Crippen LogP contribution in [0.4, 0.5) is 5.82 Å². The number of carbonyl (C=O) groups is 1. The van der Waals surface area contributed by atoms with Crippen LogP contribution in [-0.4, -0.2) is 26.5 Å². The second-order valence-electron chi connectivity index (χ2n) is 6.79. The van der Waals surface area contributed by atoms with Crippen molar-refractivity contribution >= 4 is 33.9 Å². The summed E-state index contributed by atoms with van der Waals surface area (Å²) < 4.78 is 1.94. The van der Waals surface area contributed by atoms with Crippen LogP contribution in [0.1, 0.15) is 56.8 Å². The fraction of sp³-hybridized carbons (Fsp3) is 0.450. The molecule has 0 aliphatic rings. The number of rotatable bonds is 7. The molecule has 2 heterocycles. The summed E-state index contributed by atoms with van der Waals surface area (Å²) in [5.74, 6) is 0.271. The first-order chi connectivity index (χ1) is 12.6. The van der Waals surface area contributed by atoms with E-state index in [1.807, 2.05) is 42.7 Å². The number of para-hydroxylation sites is 2. The molecule has 6 heteroatoms. The van der Waals surface area contributed by atoms with E-state index in [0.29, 0.717) is 22.5 Å². The summed E-state index contributed by atoms with van der Waals surface area (Å²) in [4.78, 5) is 22.3. The van der Waals surface area contributed by atoms with E-state index in [9.17, 15) is 4.79 Å². The Labute approximate surface area is 153 Å². The lowest BCUT2D eigenvalue weighted by Gasteiger charge is -2.11. The Kier molecular flexibility index (Phi) is 5.40. The summed E-state index contributed by atoms with van der Waals surface area (Å²) in [7, 11) is 0. The molecule has 6 nitrogen and oxygen atoms in total. The van der Waals surface area contributed by atoms with Crippen molar-refractivity contribution in [1.82, 2.24) is 19.9 Å². The maximum Gasteiger partial charge on any atom is 0.257 e. The van der Waals surface area contributed by atoms with Gasteiger partial charge in [-0.25, -0.2) is 9.97 Å². The predicted octanol–water partition coefficient (Wildman–Crippen LogP) is 3.89.